The summed E-state index contributed by atoms with van der Waals surface area (Å²) < 4.78 is 6.35. The number of amides is 3. The van der Waals surface area contributed by atoms with Gasteiger partial charge in [-0.15, -0.1) is 11.3 Å². The molecule has 178 valence electrons. The third kappa shape index (κ3) is 5.33. The van der Waals surface area contributed by atoms with E-state index in [9.17, 15) is 19.2 Å². The number of imide groups is 1. The Labute approximate surface area is 200 Å². The quantitative estimate of drug-likeness (QED) is 0.521. The molecule has 0 spiro atoms. The van der Waals surface area contributed by atoms with Gasteiger partial charge in [-0.3, -0.25) is 24.3 Å². The lowest BCUT2D eigenvalue weighted by atomic mass is 9.97. The van der Waals surface area contributed by atoms with E-state index in [0.717, 1.165) is 47.2 Å². The van der Waals surface area contributed by atoms with Crippen molar-refractivity contribution in [3.05, 3.63) is 56.4 Å². The zero-order valence-electron chi connectivity index (χ0n) is 19.1. The Bertz CT molecular complexity index is 1330. The second-order valence-electron chi connectivity index (χ2n) is 8.35. The van der Waals surface area contributed by atoms with Gasteiger partial charge in [-0.05, 0) is 68.4 Å². The summed E-state index contributed by atoms with van der Waals surface area (Å²) in [6.45, 7) is 3.38. The molecule has 3 aromatic rings. The molecule has 1 aromatic carbocycles. The van der Waals surface area contributed by atoms with Crippen molar-refractivity contribution in [2.75, 3.05) is 11.9 Å². The van der Waals surface area contributed by atoms with E-state index in [0.29, 0.717) is 11.1 Å². The summed E-state index contributed by atoms with van der Waals surface area (Å²) in [4.78, 5) is 55.3. The first-order valence-corrected chi connectivity index (χ1v) is 12.0. The van der Waals surface area contributed by atoms with Crippen LogP contribution in [0.15, 0.2) is 29.3 Å². The number of aromatic nitrogens is 2. The van der Waals surface area contributed by atoms with Gasteiger partial charge in [0.2, 0.25) is 0 Å². The van der Waals surface area contributed by atoms with E-state index in [1.165, 1.54) is 15.8 Å². The third-order valence-electron chi connectivity index (χ3n) is 5.88. The number of benzene rings is 1. The average molecular weight is 483 g/mol. The van der Waals surface area contributed by atoms with Crippen LogP contribution in [0, 0.1) is 13.8 Å². The normalized spacial score (nSPS) is 12.8. The summed E-state index contributed by atoms with van der Waals surface area (Å²) in [7, 11) is 0. The number of hydrogen-bond donors (Lipinski definition) is 2. The first-order valence-electron chi connectivity index (χ1n) is 11.1. The second-order valence-corrected chi connectivity index (χ2v) is 9.43. The van der Waals surface area contributed by atoms with Gasteiger partial charge in [-0.2, -0.15) is 0 Å². The van der Waals surface area contributed by atoms with Crippen molar-refractivity contribution in [2.24, 2.45) is 0 Å². The molecule has 3 amide bonds. The maximum atomic E-state index is 12.9. The molecule has 4 rings (SSSR count). The van der Waals surface area contributed by atoms with Crippen LogP contribution in [0.4, 0.5) is 10.5 Å². The second kappa shape index (κ2) is 10.2. The smallest absolute Gasteiger partial charge is 0.325 e. The minimum absolute atomic E-state index is 0.0957. The highest BCUT2D eigenvalue weighted by Crippen LogP contribution is 2.33. The van der Waals surface area contributed by atoms with Crippen LogP contribution >= 0.6 is 11.3 Å². The Morgan fingerprint density at radius 3 is 2.74 bits per heavy atom. The van der Waals surface area contributed by atoms with Gasteiger partial charge in [0.1, 0.15) is 4.83 Å². The van der Waals surface area contributed by atoms with E-state index in [-0.39, 0.29) is 18.5 Å². The number of esters is 1. The van der Waals surface area contributed by atoms with Crippen LogP contribution in [-0.2, 0) is 33.7 Å². The lowest BCUT2D eigenvalue weighted by molar-refractivity contribution is -0.148. The molecule has 1 aliphatic carbocycles. The SMILES string of the molecule is Cc1ccc(NC(=O)NC(=O)COC(=O)CCn2cnc3sc4c(c3c2=O)CCCC4)cc1C. The summed E-state index contributed by atoms with van der Waals surface area (Å²) in [5.74, 6) is -1.40. The molecule has 0 bridgehead atoms. The summed E-state index contributed by atoms with van der Waals surface area (Å²) in [6.07, 6.45) is 5.40. The number of aryl methyl sites for hydroxylation is 5. The van der Waals surface area contributed by atoms with Crippen molar-refractivity contribution in [1.29, 1.82) is 0 Å². The molecular formula is C24H26N4O5S. The molecule has 0 unspecified atom stereocenters. The number of hydrogen-bond acceptors (Lipinski definition) is 7. The maximum Gasteiger partial charge on any atom is 0.325 e. The Morgan fingerprint density at radius 1 is 1.15 bits per heavy atom. The zero-order chi connectivity index (χ0) is 24.2. The van der Waals surface area contributed by atoms with E-state index in [4.69, 9.17) is 4.74 Å². The summed E-state index contributed by atoms with van der Waals surface area (Å²) in [5.41, 5.74) is 3.58. The Morgan fingerprint density at radius 2 is 1.94 bits per heavy atom. The molecule has 2 N–H and O–H groups in total. The minimum Gasteiger partial charge on any atom is -0.456 e. The van der Waals surface area contributed by atoms with Crippen LogP contribution in [0.25, 0.3) is 10.2 Å². The van der Waals surface area contributed by atoms with Gasteiger partial charge in [-0.1, -0.05) is 6.07 Å². The fraction of sp³-hybridized carbons (Fsp3) is 0.375. The number of ether oxygens (including phenoxy) is 1. The van der Waals surface area contributed by atoms with Crippen LogP contribution in [0.2, 0.25) is 0 Å². The van der Waals surface area contributed by atoms with Gasteiger partial charge in [0.15, 0.2) is 6.61 Å². The van der Waals surface area contributed by atoms with Crippen molar-refractivity contribution in [3.63, 3.8) is 0 Å². The summed E-state index contributed by atoms with van der Waals surface area (Å²) in [5, 5.41) is 5.33. The molecule has 9 nitrogen and oxygen atoms in total. The molecule has 1 aliphatic rings. The Kier molecular flexibility index (Phi) is 7.06. The molecule has 0 saturated heterocycles. The lowest BCUT2D eigenvalue weighted by Crippen LogP contribution is -2.37. The van der Waals surface area contributed by atoms with Crippen molar-refractivity contribution in [2.45, 2.75) is 52.5 Å². The van der Waals surface area contributed by atoms with Crippen LogP contribution in [-0.4, -0.2) is 34.1 Å². The largest absolute Gasteiger partial charge is 0.456 e. The van der Waals surface area contributed by atoms with Gasteiger partial charge in [0.05, 0.1) is 18.1 Å². The molecular weight excluding hydrogens is 456 g/mol. The van der Waals surface area contributed by atoms with Crippen LogP contribution < -0.4 is 16.2 Å². The third-order valence-corrected chi connectivity index (χ3v) is 7.08. The number of fused-ring (bicyclic) bond motifs is 3. The molecule has 2 heterocycles. The highest BCUT2D eigenvalue weighted by atomic mass is 32.1. The fourth-order valence-corrected chi connectivity index (χ4v) is 5.13. The molecule has 2 aromatic heterocycles. The molecule has 0 fully saturated rings. The van der Waals surface area contributed by atoms with E-state index < -0.39 is 24.5 Å². The van der Waals surface area contributed by atoms with E-state index in [2.05, 4.69) is 15.6 Å². The van der Waals surface area contributed by atoms with E-state index in [1.807, 2.05) is 19.9 Å². The van der Waals surface area contributed by atoms with Gasteiger partial charge in [0.25, 0.3) is 11.5 Å². The molecule has 0 aliphatic heterocycles. The molecule has 0 saturated carbocycles. The van der Waals surface area contributed by atoms with Gasteiger partial charge in [0, 0.05) is 17.1 Å². The minimum atomic E-state index is -0.750. The van der Waals surface area contributed by atoms with Crippen LogP contribution in [0.5, 0.6) is 0 Å². The van der Waals surface area contributed by atoms with Crippen molar-refractivity contribution >= 4 is 45.1 Å². The zero-order valence-corrected chi connectivity index (χ0v) is 19.9. The summed E-state index contributed by atoms with van der Waals surface area (Å²) in [6, 6.07) is 4.67. The van der Waals surface area contributed by atoms with Crippen molar-refractivity contribution in [3.8, 4) is 0 Å². The number of rotatable bonds is 6. The number of carbonyl (C=O) groups is 3. The summed E-state index contributed by atoms with van der Waals surface area (Å²) >= 11 is 1.57. The van der Waals surface area contributed by atoms with Crippen LogP contribution in [0.1, 0.15) is 40.8 Å². The van der Waals surface area contributed by atoms with Gasteiger partial charge < -0.3 is 10.1 Å². The number of nitrogens with one attached hydrogen (secondary N) is 2. The topological polar surface area (TPSA) is 119 Å². The highest BCUT2D eigenvalue weighted by Gasteiger charge is 2.20. The monoisotopic (exact) mass is 482 g/mol. The molecule has 0 atom stereocenters. The lowest BCUT2D eigenvalue weighted by Gasteiger charge is -2.10. The van der Waals surface area contributed by atoms with E-state index >= 15 is 0 Å². The first-order chi connectivity index (χ1) is 16.3. The number of urea groups is 1. The standard InChI is InChI=1S/C24H26N4O5S/c1-14-7-8-16(11-15(14)2)26-24(32)27-19(29)12-33-20(30)9-10-28-13-25-22-21(23(28)31)17-5-3-4-6-18(17)34-22/h7-8,11,13H,3-6,9-10,12H2,1-2H3,(H2,26,27,29,32). The average Bonchev–Trinajstić information content (AvgIpc) is 3.19. The van der Waals surface area contributed by atoms with Gasteiger partial charge >= 0.3 is 12.0 Å². The predicted molar refractivity (Wildman–Crippen MR) is 129 cm³/mol. The van der Waals surface area contributed by atoms with E-state index in [1.54, 1.807) is 23.5 Å². The maximum absolute atomic E-state index is 12.9. The van der Waals surface area contributed by atoms with Crippen molar-refractivity contribution < 1.29 is 19.1 Å². The molecule has 10 heteroatoms. The van der Waals surface area contributed by atoms with Gasteiger partial charge in [-0.25, -0.2) is 9.78 Å². The fourth-order valence-electron chi connectivity index (χ4n) is 3.91. The molecule has 0 radical (unpaired) electrons. The number of anilines is 1. The Balaban J connectivity index is 1.26. The number of carbonyl (C=O) groups excluding carboxylic acids is 3. The first kappa shape index (κ1) is 23.6. The highest BCUT2D eigenvalue weighted by molar-refractivity contribution is 7.18. The predicted octanol–water partition coefficient (Wildman–Crippen LogP) is 3.24. The molecule has 34 heavy (non-hydrogen) atoms. The van der Waals surface area contributed by atoms with Crippen molar-refractivity contribution in [1.82, 2.24) is 14.9 Å². The van der Waals surface area contributed by atoms with Crippen LogP contribution in [0.3, 0.4) is 0 Å². The number of thiophene rings is 1. The number of nitrogens with zero attached hydrogens (tertiary/aromatic N) is 2. The Hall–Kier alpha value is -3.53.